The van der Waals surface area contributed by atoms with Gasteiger partial charge in [-0.25, -0.2) is 0 Å². The van der Waals surface area contributed by atoms with E-state index < -0.39 is 0 Å². The van der Waals surface area contributed by atoms with Gasteiger partial charge < -0.3 is 0 Å². The Labute approximate surface area is 105 Å². The fourth-order valence-electron chi connectivity index (χ4n) is 1.23. The van der Waals surface area contributed by atoms with Gasteiger partial charge in [-0.15, -0.1) is 0 Å². The van der Waals surface area contributed by atoms with Crippen molar-refractivity contribution in [3.8, 4) is 0 Å². The Morgan fingerprint density at radius 1 is 0.750 bits per heavy atom. The van der Waals surface area contributed by atoms with Gasteiger partial charge in [0.1, 0.15) is 0 Å². The Kier molecular flexibility index (Phi) is 25.4. The first-order valence-corrected chi connectivity index (χ1v) is 5.44. The monoisotopic (exact) mass is 226 g/mol. The molecule has 0 heteroatoms. The zero-order valence-electron chi connectivity index (χ0n) is 9.43. The number of hydrogen-bond acceptors (Lipinski definition) is 0. The second-order valence-electron chi connectivity index (χ2n) is 2.92. The molecule has 0 heterocycles. The molecule has 0 unspecified atom stereocenters. The molecule has 1 aromatic rings. The SMILES string of the molecule is C.C.C.CC.CCCc1ccc(CC)cc1. The summed E-state index contributed by atoms with van der Waals surface area (Å²) in [7, 11) is 0. The highest BCUT2D eigenvalue weighted by molar-refractivity contribution is 5.22. The highest BCUT2D eigenvalue weighted by Gasteiger charge is 1.90. The molecule has 0 spiro atoms. The third-order valence-electron chi connectivity index (χ3n) is 1.97. The van der Waals surface area contributed by atoms with Gasteiger partial charge in [0, 0.05) is 0 Å². The zero-order valence-corrected chi connectivity index (χ0v) is 9.43. The molecule has 98 valence electrons. The summed E-state index contributed by atoms with van der Waals surface area (Å²) in [5, 5.41) is 0. The van der Waals surface area contributed by atoms with Crippen LogP contribution in [-0.2, 0) is 12.8 Å². The van der Waals surface area contributed by atoms with E-state index in [0.717, 1.165) is 6.42 Å². The molecule has 0 aliphatic carbocycles. The molecule has 0 aliphatic heterocycles. The van der Waals surface area contributed by atoms with E-state index in [1.165, 1.54) is 24.0 Å². The van der Waals surface area contributed by atoms with Gasteiger partial charge in [-0.2, -0.15) is 0 Å². The quantitative estimate of drug-likeness (QED) is 0.581. The van der Waals surface area contributed by atoms with Crippen molar-refractivity contribution >= 4 is 0 Å². The average molecular weight is 226 g/mol. The third kappa shape index (κ3) is 9.76. The molecule has 0 bridgehead atoms. The summed E-state index contributed by atoms with van der Waals surface area (Å²) in [4.78, 5) is 0. The Morgan fingerprint density at radius 2 is 1.12 bits per heavy atom. The minimum atomic E-state index is 0. The van der Waals surface area contributed by atoms with Crippen molar-refractivity contribution < 1.29 is 0 Å². The lowest BCUT2D eigenvalue weighted by Gasteiger charge is -1.99. The molecule has 1 rings (SSSR count). The van der Waals surface area contributed by atoms with Crippen LogP contribution in [0.4, 0.5) is 0 Å². The lowest BCUT2D eigenvalue weighted by Crippen LogP contribution is -1.84. The lowest BCUT2D eigenvalue weighted by molar-refractivity contribution is 0.920. The molecule has 0 nitrogen and oxygen atoms in total. The maximum Gasteiger partial charge on any atom is -0.0281 e. The van der Waals surface area contributed by atoms with Gasteiger partial charge in [0.25, 0.3) is 0 Å². The molecule has 0 saturated carbocycles. The van der Waals surface area contributed by atoms with Crippen LogP contribution < -0.4 is 0 Å². The van der Waals surface area contributed by atoms with E-state index in [4.69, 9.17) is 0 Å². The van der Waals surface area contributed by atoms with Crippen LogP contribution in [0.15, 0.2) is 24.3 Å². The zero-order chi connectivity index (χ0) is 10.1. The van der Waals surface area contributed by atoms with Crippen molar-refractivity contribution in [1.29, 1.82) is 0 Å². The predicted octanol–water partition coefficient (Wildman–Crippen LogP) is 6.14. The van der Waals surface area contributed by atoms with Gasteiger partial charge in [-0.05, 0) is 24.0 Å². The maximum absolute atomic E-state index is 2.24. The third-order valence-corrected chi connectivity index (χ3v) is 1.97. The summed E-state index contributed by atoms with van der Waals surface area (Å²) < 4.78 is 0. The first kappa shape index (κ1) is 24.4. The normalized spacial score (nSPS) is 7.25. The molecule has 0 radical (unpaired) electrons. The van der Waals surface area contributed by atoms with E-state index in [1.54, 1.807) is 0 Å². The fraction of sp³-hybridized carbons (Fsp3) is 0.625. The molecule has 0 aliphatic rings. The summed E-state index contributed by atoms with van der Waals surface area (Å²) in [5.41, 5.74) is 2.90. The maximum atomic E-state index is 2.24. The Balaban J connectivity index is -0.000000136. The van der Waals surface area contributed by atoms with Crippen molar-refractivity contribution in [2.45, 2.75) is 69.2 Å². The molecule has 0 fully saturated rings. The van der Waals surface area contributed by atoms with E-state index in [0.29, 0.717) is 0 Å². The van der Waals surface area contributed by atoms with Crippen molar-refractivity contribution in [3.63, 3.8) is 0 Å². The van der Waals surface area contributed by atoms with Crippen LogP contribution in [0.2, 0.25) is 0 Å². The predicted molar refractivity (Wildman–Crippen MR) is 81.4 cm³/mol. The average Bonchev–Trinajstić information content (AvgIpc) is 2.23. The van der Waals surface area contributed by atoms with Crippen molar-refractivity contribution in [3.05, 3.63) is 35.4 Å². The topological polar surface area (TPSA) is 0 Å². The molecular formula is C16H34. The Bertz CT molecular complexity index is 196. The van der Waals surface area contributed by atoms with Gasteiger partial charge >= 0.3 is 0 Å². The van der Waals surface area contributed by atoms with Crippen LogP contribution in [-0.4, -0.2) is 0 Å². The minimum Gasteiger partial charge on any atom is -0.0776 e. The van der Waals surface area contributed by atoms with E-state index in [2.05, 4.69) is 38.1 Å². The summed E-state index contributed by atoms with van der Waals surface area (Å²) in [6, 6.07) is 8.93. The molecule has 0 amide bonds. The van der Waals surface area contributed by atoms with Crippen LogP contribution in [0, 0.1) is 0 Å². The van der Waals surface area contributed by atoms with Gasteiger partial charge in [-0.3, -0.25) is 0 Å². The van der Waals surface area contributed by atoms with Crippen molar-refractivity contribution in [1.82, 2.24) is 0 Å². The van der Waals surface area contributed by atoms with E-state index in [9.17, 15) is 0 Å². The number of hydrogen-bond donors (Lipinski definition) is 0. The Morgan fingerprint density at radius 3 is 1.44 bits per heavy atom. The second kappa shape index (κ2) is 16.6. The smallest absolute Gasteiger partial charge is 0.0281 e. The van der Waals surface area contributed by atoms with Crippen molar-refractivity contribution in [2.75, 3.05) is 0 Å². The van der Waals surface area contributed by atoms with E-state index in [1.807, 2.05) is 13.8 Å². The first-order valence-electron chi connectivity index (χ1n) is 5.44. The van der Waals surface area contributed by atoms with Gasteiger partial charge in [0.2, 0.25) is 0 Å². The van der Waals surface area contributed by atoms with Crippen LogP contribution in [0.3, 0.4) is 0 Å². The standard InChI is InChI=1S/C11H16.C2H6.3CH4/c1-3-5-11-8-6-10(4-2)7-9-11;1-2;;;/h6-9H,3-5H2,1-2H3;1-2H3;3*1H4. The van der Waals surface area contributed by atoms with Crippen LogP contribution in [0.5, 0.6) is 0 Å². The van der Waals surface area contributed by atoms with Crippen LogP contribution in [0.1, 0.15) is 67.5 Å². The van der Waals surface area contributed by atoms with E-state index >= 15 is 0 Å². The molecule has 0 saturated heterocycles. The van der Waals surface area contributed by atoms with Gasteiger partial charge in [0.05, 0.1) is 0 Å². The van der Waals surface area contributed by atoms with Crippen LogP contribution >= 0.6 is 0 Å². The molecule has 0 atom stereocenters. The summed E-state index contributed by atoms with van der Waals surface area (Å²) in [6.07, 6.45) is 3.60. The first-order chi connectivity index (χ1) is 6.36. The molecule has 0 aromatic heterocycles. The van der Waals surface area contributed by atoms with Crippen molar-refractivity contribution in [2.24, 2.45) is 0 Å². The summed E-state index contributed by atoms with van der Waals surface area (Å²) >= 11 is 0. The van der Waals surface area contributed by atoms with Crippen LogP contribution in [0.25, 0.3) is 0 Å². The highest BCUT2D eigenvalue weighted by Crippen LogP contribution is 2.06. The summed E-state index contributed by atoms with van der Waals surface area (Å²) in [6.45, 7) is 8.41. The molecule has 1 aromatic carbocycles. The fourth-order valence-corrected chi connectivity index (χ4v) is 1.23. The number of rotatable bonds is 3. The molecular weight excluding hydrogens is 192 g/mol. The van der Waals surface area contributed by atoms with Gasteiger partial charge in [-0.1, -0.05) is 80.7 Å². The Hall–Kier alpha value is -0.780. The molecule has 0 N–H and O–H groups in total. The number of aryl methyl sites for hydroxylation is 2. The van der Waals surface area contributed by atoms with E-state index in [-0.39, 0.29) is 22.3 Å². The number of benzene rings is 1. The second-order valence-corrected chi connectivity index (χ2v) is 2.92. The lowest BCUT2D eigenvalue weighted by atomic mass is 10.1. The highest BCUT2D eigenvalue weighted by atomic mass is 14.0. The molecule has 16 heavy (non-hydrogen) atoms. The van der Waals surface area contributed by atoms with Gasteiger partial charge in [0.15, 0.2) is 0 Å². The summed E-state index contributed by atoms with van der Waals surface area (Å²) in [5.74, 6) is 0. The minimum absolute atomic E-state index is 0. The largest absolute Gasteiger partial charge is 0.0776 e.